The van der Waals surface area contributed by atoms with Gasteiger partial charge < -0.3 is 20.3 Å². The summed E-state index contributed by atoms with van der Waals surface area (Å²) in [6, 6.07) is 0. The molecule has 1 aliphatic carbocycles. The van der Waals surface area contributed by atoms with Gasteiger partial charge in [-0.3, -0.25) is 4.79 Å². The maximum absolute atomic E-state index is 11.7. The molecule has 1 fully saturated rings. The monoisotopic (exact) mass is 231 g/mol. The van der Waals surface area contributed by atoms with E-state index in [1.165, 1.54) is 0 Å². The van der Waals surface area contributed by atoms with E-state index in [0.717, 1.165) is 19.3 Å². The normalized spacial score (nSPS) is 19.0. The average Bonchev–Trinajstić information content (AvgIpc) is 2.23. The van der Waals surface area contributed by atoms with Gasteiger partial charge in [-0.2, -0.15) is 0 Å². The summed E-state index contributed by atoms with van der Waals surface area (Å²) in [6.45, 7) is 1.04. The highest BCUT2D eigenvalue weighted by atomic mass is 16.5. The molecule has 5 heteroatoms. The third-order valence-electron chi connectivity index (χ3n) is 3.32. The number of nitrogens with one attached hydrogen (secondary N) is 1. The first-order valence-electron chi connectivity index (χ1n) is 5.57. The fourth-order valence-corrected chi connectivity index (χ4v) is 1.83. The van der Waals surface area contributed by atoms with Crippen LogP contribution in [0.3, 0.4) is 0 Å². The number of rotatable bonds is 6. The molecule has 0 aliphatic heterocycles. The second kappa shape index (κ2) is 5.12. The number of carbonyl (C=O) groups excluding carboxylic acids is 1. The van der Waals surface area contributed by atoms with Crippen LogP contribution in [0.2, 0.25) is 0 Å². The molecule has 0 atom stereocenters. The van der Waals surface area contributed by atoms with E-state index in [2.05, 4.69) is 5.32 Å². The van der Waals surface area contributed by atoms with Crippen LogP contribution in [0.4, 0.5) is 0 Å². The van der Waals surface area contributed by atoms with E-state index in [9.17, 15) is 4.79 Å². The first-order valence-corrected chi connectivity index (χ1v) is 5.57. The molecule has 3 N–H and O–H groups in total. The summed E-state index contributed by atoms with van der Waals surface area (Å²) < 4.78 is 5.34. The Morgan fingerprint density at radius 2 is 2.00 bits per heavy atom. The summed E-state index contributed by atoms with van der Waals surface area (Å²) in [7, 11) is 1.61. The number of aliphatic hydroxyl groups is 2. The van der Waals surface area contributed by atoms with Gasteiger partial charge >= 0.3 is 0 Å². The van der Waals surface area contributed by atoms with Crippen molar-refractivity contribution >= 4 is 5.91 Å². The number of ether oxygens (including phenoxy) is 1. The molecular weight excluding hydrogens is 210 g/mol. The van der Waals surface area contributed by atoms with Gasteiger partial charge in [-0.05, 0) is 26.2 Å². The topological polar surface area (TPSA) is 78.8 Å². The summed E-state index contributed by atoms with van der Waals surface area (Å²) in [5, 5.41) is 20.7. The van der Waals surface area contributed by atoms with Crippen molar-refractivity contribution in [2.24, 2.45) is 0 Å². The van der Waals surface area contributed by atoms with Gasteiger partial charge in [0.2, 0.25) is 5.91 Å². The lowest BCUT2D eigenvalue weighted by Gasteiger charge is -2.40. The van der Waals surface area contributed by atoms with Crippen LogP contribution < -0.4 is 5.32 Å². The van der Waals surface area contributed by atoms with Crippen LogP contribution >= 0.6 is 0 Å². The molecule has 0 unspecified atom stereocenters. The van der Waals surface area contributed by atoms with Crippen molar-refractivity contribution in [1.29, 1.82) is 0 Å². The fraction of sp³-hybridized carbons (Fsp3) is 0.909. The van der Waals surface area contributed by atoms with Crippen LogP contribution in [0, 0.1) is 0 Å². The van der Waals surface area contributed by atoms with Crippen molar-refractivity contribution < 1.29 is 19.7 Å². The average molecular weight is 231 g/mol. The Hall–Kier alpha value is -0.650. The predicted molar refractivity (Wildman–Crippen MR) is 58.9 cm³/mol. The number of amides is 1. The lowest BCUT2D eigenvalue weighted by Crippen LogP contribution is -2.54. The zero-order chi connectivity index (χ0) is 12.2. The minimum Gasteiger partial charge on any atom is -0.394 e. The number of hydrogen-bond acceptors (Lipinski definition) is 4. The van der Waals surface area contributed by atoms with Crippen LogP contribution in [0.25, 0.3) is 0 Å². The number of aliphatic hydroxyl groups excluding tert-OH is 2. The van der Waals surface area contributed by atoms with Crippen LogP contribution in [-0.4, -0.2) is 47.6 Å². The van der Waals surface area contributed by atoms with Gasteiger partial charge in [0.05, 0.1) is 30.8 Å². The molecule has 0 saturated heterocycles. The Morgan fingerprint density at radius 3 is 2.31 bits per heavy atom. The molecule has 5 nitrogen and oxygen atoms in total. The maximum Gasteiger partial charge on any atom is 0.223 e. The summed E-state index contributed by atoms with van der Waals surface area (Å²) in [4.78, 5) is 11.7. The molecule has 0 aromatic rings. The van der Waals surface area contributed by atoms with Crippen LogP contribution in [0.15, 0.2) is 0 Å². The summed E-state index contributed by atoms with van der Waals surface area (Å²) in [6.07, 6.45) is 3.16. The third kappa shape index (κ3) is 2.93. The zero-order valence-electron chi connectivity index (χ0n) is 9.95. The zero-order valence-corrected chi connectivity index (χ0v) is 9.95. The van der Waals surface area contributed by atoms with E-state index >= 15 is 0 Å². The molecule has 1 aliphatic rings. The lowest BCUT2D eigenvalue weighted by molar-refractivity contribution is -0.137. The highest BCUT2D eigenvalue weighted by Crippen LogP contribution is 2.37. The van der Waals surface area contributed by atoms with Gasteiger partial charge in [0.15, 0.2) is 0 Å². The number of hydrogen-bond donors (Lipinski definition) is 3. The highest BCUT2D eigenvalue weighted by molar-refractivity contribution is 5.78. The van der Waals surface area contributed by atoms with E-state index in [1.807, 2.05) is 0 Å². The smallest absolute Gasteiger partial charge is 0.223 e. The van der Waals surface area contributed by atoms with E-state index in [-0.39, 0.29) is 24.7 Å². The second-order valence-electron chi connectivity index (χ2n) is 4.84. The molecular formula is C11H21NO4. The van der Waals surface area contributed by atoms with Crippen molar-refractivity contribution in [3.05, 3.63) is 0 Å². The molecule has 0 radical (unpaired) electrons. The van der Waals surface area contributed by atoms with Crippen molar-refractivity contribution in [3.63, 3.8) is 0 Å². The van der Waals surface area contributed by atoms with Crippen molar-refractivity contribution in [3.8, 4) is 0 Å². The van der Waals surface area contributed by atoms with Gasteiger partial charge in [-0.15, -0.1) is 0 Å². The molecule has 1 amide bonds. The minimum atomic E-state index is -0.949. The standard InChI is InChI=1S/C11H21NO4/c1-10(7-13,8-14)12-9(15)6-11(16-2)4-3-5-11/h13-14H,3-8H2,1-2H3,(H,12,15). The van der Waals surface area contributed by atoms with Crippen molar-refractivity contribution in [2.45, 2.75) is 43.7 Å². The van der Waals surface area contributed by atoms with E-state index in [1.54, 1.807) is 14.0 Å². The maximum atomic E-state index is 11.7. The molecule has 1 rings (SSSR count). The molecule has 1 saturated carbocycles. The van der Waals surface area contributed by atoms with Crippen molar-refractivity contribution in [2.75, 3.05) is 20.3 Å². The summed E-state index contributed by atoms with van der Waals surface area (Å²) >= 11 is 0. The first kappa shape index (κ1) is 13.4. The van der Waals surface area contributed by atoms with Gasteiger partial charge in [0.25, 0.3) is 0 Å². The molecule has 0 spiro atoms. The van der Waals surface area contributed by atoms with E-state index in [4.69, 9.17) is 14.9 Å². The Labute approximate surface area is 95.8 Å². The Kier molecular flexibility index (Phi) is 4.29. The minimum absolute atomic E-state index is 0.188. The third-order valence-corrected chi connectivity index (χ3v) is 3.32. The predicted octanol–water partition coefficient (Wildman–Crippen LogP) is -0.195. The molecule has 0 heterocycles. The lowest BCUT2D eigenvalue weighted by atomic mass is 9.77. The molecule has 0 aromatic carbocycles. The van der Waals surface area contributed by atoms with Gasteiger partial charge in [0, 0.05) is 7.11 Å². The summed E-state index contributed by atoms with van der Waals surface area (Å²) in [5.41, 5.74) is -1.27. The molecule has 0 bridgehead atoms. The quantitative estimate of drug-likeness (QED) is 0.592. The SMILES string of the molecule is COC1(CC(=O)NC(C)(CO)CO)CCC1. The largest absolute Gasteiger partial charge is 0.394 e. The number of carbonyl (C=O) groups is 1. The Balaban J connectivity index is 2.46. The van der Waals surface area contributed by atoms with Crippen LogP contribution in [0.1, 0.15) is 32.6 Å². The summed E-state index contributed by atoms with van der Waals surface area (Å²) in [5.74, 6) is -0.188. The van der Waals surface area contributed by atoms with E-state index < -0.39 is 5.54 Å². The molecule has 0 aromatic heterocycles. The van der Waals surface area contributed by atoms with Crippen molar-refractivity contribution in [1.82, 2.24) is 5.32 Å². The van der Waals surface area contributed by atoms with Crippen LogP contribution in [0.5, 0.6) is 0 Å². The Bertz CT molecular complexity index is 224. The first-order chi connectivity index (χ1) is 7.49. The highest BCUT2D eigenvalue weighted by Gasteiger charge is 2.40. The van der Waals surface area contributed by atoms with E-state index in [0.29, 0.717) is 6.42 Å². The molecule has 16 heavy (non-hydrogen) atoms. The Morgan fingerprint density at radius 1 is 1.44 bits per heavy atom. The fourth-order valence-electron chi connectivity index (χ4n) is 1.83. The van der Waals surface area contributed by atoms with Gasteiger partial charge in [-0.1, -0.05) is 0 Å². The van der Waals surface area contributed by atoms with Gasteiger partial charge in [0.1, 0.15) is 0 Å². The second-order valence-corrected chi connectivity index (χ2v) is 4.84. The van der Waals surface area contributed by atoms with Gasteiger partial charge in [-0.25, -0.2) is 0 Å². The van der Waals surface area contributed by atoms with Crippen LogP contribution in [-0.2, 0) is 9.53 Å². The number of methoxy groups -OCH3 is 1. The molecule has 94 valence electrons.